The zero-order valence-corrected chi connectivity index (χ0v) is 15.1. The lowest BCUT2D eigenvalue weighted by molar-refractivity contribution is -0.126. The van der Waals surface area contributed by atoms with E-state index in [0.29, 0.717) is 6.61 Å². The summed E-state index contributed by atoms with van der Waals surface area (Å²) < 4.78 is 5.50. The van der Waals surface area contributed by atoms with Gasteiger partial charge in [-0.05, 0) is 44.0 Å². The van der Waals surface area contributed by atoms with Crippen LogP contribution in [0, 0.1) is 0 Å². The van der Waals surface area contributed by atoms with Crippen molar-refractivity contribution in [1.29, 1.82) is 0 Å². The number of nitrogens with one attached hydrogen (secondary N) is 1. The number of hydrogen-bond donors (Lipinski definition) is 2. The molecule has 24 heavy (non-hydrogen) atoms. The quantitative estimate of drug-likeness (QED) is 0.839. The van der Waals surface area contributed by atoms with Crippen LogP contribution in [0.25, 0.3) is 0 Å². The van der Waals surface area contributed by atoms with Gasteiger partial charge in [-0.25, -0.2) is 0 Å². The second-order valence-electron chi connectivity index (χ2n) is 5.77. The fraction of sp³-hybridized carbons (Fsp3) is 0.316. The number of halogens is 1. The molecule has 0 saturated heterocycles. The van der Waals surface area contributed by atoms with E-state index in [1.54, 1.807) is 6.92 Å². The second kappa shape index (κ2) is 8.71. The smallest absolute Gasteiger partial charge is 0.244 e. The minimum absolute atomic E-state index is 0. The van der Waals surface area contributed by atoms with E-state index in [9.17, 15) is 4.79 Å². The van der Waals surface area contributed by atoms with Gasteiger partial charge in [-0.2, -0.15) is 0 Å². The summed E-state index contributed by atoms with van der Waals surface area (Å²) >= 11 is 0. The molecular weight excluding hydrogens is 324 g/mol. The van der Waals surface area contributed by atoms with E-state index in [1.807, 2.05) is 68.4 Å². The standard InChI is InChI=1S/C19H24N2O2.ClH/c1-4-23-17-12-8-9-15(13-17)14(2)21-18(22)19(3,20)16-10-6-5-7-11-16;/h5-14H,4,20H2,1-3H3,(H,21,22);1H. The monoisotopic (exact) mass is 348 g/mol. The van der Waals surface area contributed by atoms with E-state index >= 15 is 0 Å². The molecule has 2 unspecified atom stereocenters. The van der Waals surface area contributed by atoms with Crippen molar-refractivity contribution in [3.63, 3.8) is 0 Å². The van der Waals surface area contributed by atoms with Crippen LogP contribution in [0.5, 0.6) is 5.75 Å². The fourth-order valence-electron chi connectivity index (χ4n) is 2.39. The van der Waals surface area contributed by atoms with Crippen molar-refractivity contribution in [3.8, 4) is 5.75 Å². The molecule has 0 fully saturated rings. The zero-order chi connectivity index (χ0) is 16.9. The third-order valence-electron chi connectivity index (χ3n) is 3.86. The zero-order valence-electron chi connectivity index (χ0n) is 14.3. The number of rotatable bonds is 6. The summed E-state index contributed by atoms with van der Waals surface area (Å²) in [6.07, 6.45) is 0. The Morgan fingerprint density at radius 3 is 2.50 bits per heavy atom. The van der Waals surface area contributed by atoms with Gasteiger partial charge in [0.25, 0.3) is 0 Å². The first-order valence-corrected chi connectivity index (χ1v) is 7.83. The van der Waals surface area contributed by atoms with Crippen molar-refractivity contribution in [1.82, 2.24) is 5.32 Å². The molecule has 0 aliphatic carbocycles. The molecule has 0 heterocycles. The molecule has 1 amide bonds. The Bertz CT molecular complexity index is 659. The number of amides is 1. The van der Waals surface area contributed by atoms with Crippen LogP contribution in [-0.4, -0.2) is 12.5 Å². The van der Waals surface area contributed by atoms with Crippen molar-refractivity contribution < 1.29 is 9.53 Å². The maximum Gasteiger partial charge on any atom is 0.244 e. The number of nitrogens with two attached hydrogens (primary N) is 1. The van der Waals surface area contributed by atoms with E-state index in [1.165, 1.54) is 0 Å². The van der Waals surface area contributed by atoms with E-state index < -0.39 is 5.54 Å². The molecule has 0 aliphatic heterocycles. The molecule has 0 aliphatic rings. The first kappa shape index (κ1) is 20.0. The molecule has 3 N–H and O–H groups in total. The highest BCUT2D eigenvalue weighted by Gasteiger charge is 2.31. The molecule has 0 saturated carbocycles. The van der Waals surface area contributed by atoms with Gasteiger partial charge in [0, 0.05) is 0 Å². The fourth-order valence-corrected chi connectivity index (χ4v) is 2.39. The van der Waals surface area contributed by atoms with Crippen LogP contribution in [0.4, 0.5) is 0 Å². The summed E-state index contributed by atoms with van der Waals surface area (Å²) in [6.45, 7) is 6.21. The number of carbonyl (C=O) groups excluding carboxylic acids is 1. The normalized spacial score (nSPS) is 14.0. The van der Waals surface area contributed by atoms with Crippen molar-refractivity contribution in [3.05, 3.63) is 65.7 Å². The molecule has 4 nitrogen and oxygen atoms in total. The summed E-state index contributed by atoms with van der Waals surface area (Å²) in [4.78, 5) is 12.6. The summed E-state index contributed by atoms with van der Waals surface area (Å²) in [6, 6.07) is 16.9. The van der Waals surface area contributed by atoms with E-state index in [4.69, 9.17) is 10.5 Å². The third-order valence-corrected chi connectivity index (χ3v) is 3.86. The minimum atomic E-state index is -1.08. The maximum atomic E-state index is 12.6. The van der Waals surface area contributed by atoms with Crippen molar-refractivity contribution in [2.45, 2.75) is 32.4 Å². The second-order valence-corrected chi connectivity index (χ2v) is 5.77. The van der Waals surface area contributed by atoms with Crippen LogP contribution >= 0.6 is 12.4 Å². The van der Waals surface area contributed by atoms with Crippen LogP contribution in [0.1, 0.15) is 37.9 Å². The minimum Gasteiger partial charge on any atom is -0.494 e. The van der Waals surface area contributed by atoms with Gasteiger partial charge >= 0.3 is 0 Å². The third kappa shape index (κ3) is 4.73. The summed E-state index contributed by atoms with van der Waals surface area (Å²) in [5.41, 5.74) is 6.94. The molecule has 0 spiro atoms. The largest absolute Gasteiger partial charge is 0.494 e. The summed E-state index contributed by atoms with van der Waals surface area (Å²) in [7, 11) is 0. The average molecular weight is 349 g/mol. The Morgan fingerprint density at radius 2 is 1.88 bits per heavy atom. The van der Waals surface area contributed by atoms with E-state index in [-0.39, 0.29) is 24.4 Å². The molecule has 5 heteroatoms. The molecule has 2 rings (SSSR count). The predicted octanol–water partition coefficient (Wildman–Crippen LogP) is 3.56. The van der Waals surface area contributed by atoms with Gasteiger partial charge in [-0.15, -0.1) is 12.4 Å². The van der Waals surface area contributed by atoms with Crippen LogP contribution in [0.3, 0.4) is 0 Å². The lowest BCUT2D eigenvalue weighted by Gasteiger charge is -2.26. The van der Waals surface area contributed by atoms with E-state index in [0.717, 1.165) is 16.9 Å². The van der Waals surface area contributed by atoms with Gasteiger partial charge in [-0.1, -0.05) is 42.5 Å². The first-order chi connectivity index (χ1) is 10.9. The SMILES string of the molecule is CCOc1cccc(C(C)NC(=O)C(C)(N)c2ccccc2)c1.Cl. The number of benzene rings is 2. The van der Waals surface area contributed by atoms with Gasteiger partial charge in [0.15, 0.2) is 0 Å². The Morgan fingerprint density at radius 1 is 1.21 bits per heavy atom. The predicted molar refractivity (Wildman–Crippen MR) is 99.4 cm³/mol. The van der Waals surface area contributed by atoms with Crippen LogP contribution in [0.2, 0.25) is 0 Å². The van der Waals surface area contributed by atoms with Gasteiger partial charge in [0.05, 0.1) is 12.6 Å². The van der Waals surface area contributed by atoms with Gasteiger partial charge in [0.1, 0.15) is 11.3 Å². The molecule has 0 bridgehead atoms. The van der Waals surface area contributed by atoms with Crippen molar-refractivity contribution >= 4 is 18.3 Å². The molecule has 0 radical (unpaired) electrons. The molecule has 130 valence electrons. The van der Waals surface area contributed by atoms with Crippen LogP contribution in [0.15, 0.2) is 54.6 Å². The van der Waals surface area contributed by atoms with Crippen LogP contribution < -0.4 is 15.8 Å². The summed E-state index contributed by atoms with van der Waals surface area (Å²) in [5, 5.41) is 2.98. The lowest BCUT2D eigenvalue weighted by atomic mass is 9.91. The highest BCUT2D eigenvalue weighted by atomic mass is 35.5. The molecule has 2 aromatic carbocycles. The highest BCUT2D eigenvalue weighted by Crippen LogP contribution is 2.22. The average Bonchev–Trinajstić information content (AvgIpc) is 2.56. The summed E-state index contributed by atoms with van der Waals surface area (Å²) in [5.74, 6) is 0.586. The molecule has 0 aromatic heterocycles. The molecule has 2 atom stereocenters. The van der Waals surface area contributed by atoms with Crippen molar-refractivity contribution in [2.75, 3.05) is 6.61 Å². The van der Waals surface area contributed by atoms with Gasteiger partial charge in [0.2, 0.25) is 5.91 Å². The number of hydrogen-bond acceptors (Lipinski definition) is 3. The maximum absolute atomic E-state index is 12.6. The van der Waals surface area contributed by atoms with Crippen molar-refractivity contribution in [2.24, 2.45) is 5.73 Å². The Balaban J connectivity index is 0.00000288. The van der Waals surface area contributed by atoms with E-state index in [2.05, 4.69) is 5.32 Å². The van der Waals surface area contributed by atoms with Gasteiger partial charge < -0.3 is 15.8 Å². The Hall–Kier alpha value is -2.04. The van der Waals surface area contributed by atoms with Crippen LogP contribution in [-0.2, 0) is 10.3 Å². The Kier molecular flexibility index (Phi) is 7.26. The lowest BCUT2D eigenvalue weighted by Crippen LogP contribution is -2.49. The number of carbonyl (C=O) groups is 1. The molecular formula is C19H25ClN2O2. The molecule has 2 aromatic rings. The number of ether oxygens (including phenoxy) is 1. The first-order valence-electron chi connectivity index (χ1n) is 7.83. The topological polar surface area (TPSA) is 64.3 Å². The Labute approximate surface area is 149 Å². The van der Waals surface area contributed by atoms with Gasteiger partial charge in [-0.3, -0.25) is 4.79 Å². The highest BCUT2D eigenvalue weighted by molar-refractivity contribution is 5.87.